The molecule has 6 nitrogen and oxygen atoms in total. The number of halogens is 1. The first kappa shape index (κ1) is 18.3. The lowest BCUT2D eigenvalue weighted by atomic mass is 9.90. The van der Waals surface area contributed by atoms with Gasteiger partial charge in [-0.25, -0.2) is 9.59 Å². The van der Waals surface area contributed by atoms with E-state index < -0.39 is 17.8 Å². The van der Waals surface area contributed by atoms with E-state index in [2.05, 4.69) is 0 Å². The minimum Gasteiger partial charge on any atom is -0.469 e. The van der Waals surface area contributed by atoms with E-state index in [9.17, 15) is 9.59 Å². The molecule has 1 aliphatic rings. The number of esters is 1. The topological polar surface area (TPSA) is 91.8 Å². The van der Waals surface area contributed by atoms with Crippen LogP contribution in [-0.4, -0.2) is 18.8 Å². The average molecular weight is 398 g/mol. The van der Waals surface area contributed by atoms with Crippen molar-refractivity contribution in [2.24, 2.45) is 5.73 Å². The average Bonchev–Trinajstić information content (AvgIpc) is 2.68. The Balaban J connectivity index is 2.10. The fourth-order valence-electron chi connectivity index (χ4n) is 3.27. The molecular formula is C21H16ClNO5. The van der Waals surface area contributed by atoms with Gasteiger partial charge in [-0.15, -0.1) is 0 Å². The second-order valence-electron chi connectivity index (χ2n) is 6.14. The number of hydrogen-bond acceptors (Lipinski definition) is 6. The normalized spacial score (nSPS) is 15.9. The molecule has 0 bridgehead atoms. The number of ether oxygens (including phenoxy) is 2. The standard InChI is InChI=1S/C21H16ClNO5/c1-2-26-20(24)17-15(11-7-9-12(22)10-8-11)16-18(28-19(17)23)13-5-3-4-6-14(13)27-21(16)25/h3-10,19H,2,23H2,1H3. The maximum absolute atomic E-state index is 12.9. The van der Waals surface area contributed by atoms with Gasteiger partial charge in [0.1, 0.15) is 22.5 Å². The van der Waals surface area contributed by atoms with E-state index in [1.807, 2.05) is 0 Å². The summed E-state index contributed by atoms with van der Waals surface area (Å²) in [6.07, 6.45) is -1.11. The molecule has 0 spiro atoms. The zero-order chi connectivity index (χ0) is 19.8. The van der Waals surface area contributed by atoms with Gasteiger partial charge in [0.2, 0.25) is 0 Å². The Morgan fingerprint density at radius 1 is 1.18 bits per heavy atom. The summed E-state index contributed by atoms with van der Waals surface area (Å²) < 4.78 is 16.4. The monoisotopic (exact) mass is 397 g/mol. The Bertz CT molecular complexity index is 1160. The van der Waals surface area contributed by atoms with Gasteiger partial charge in [0.25, 0.3) is 0 Å². The van der Waals surface area contributed by atoms with Crippen molar-refractivity contribution < 1.29 is 18.7 Å². The van der Waals surface area contributed by atoms with Gasteiger partial charge in [0, 0.05) is 10.6 Å². The number of benzene rings is 2. The van der Waals surface area contributed by atoms with E-state index in [0.29, 0.717) is 27.1 Å². The van der Waals surface area contributed by atoms with Crippen LogP contribution in [0.4, 0.5) is 0 Å². The van der Waals surface area contributed by atoms with E-state index in [4.69, 9.17) is 31.2 Å². The minimum absolute atomic E-state index is 0.0549. The molecule has 7 heteroatoms. The van der Waals surface area contributed by atoms with Crippen LogP contribution < -0.4 is 16.1 Å². The summed E-state index contributed by atoms with van der Waals surface area (Å²) in [4.78, 5) is 25.5. The number of rotatable bonds is 3. The summed E-state index contributed by atoms with van der Waals surface area (Å²) >= 11 is 6.00. The molecule has 2 aromatic carbocycles. The number of carbonyl (C=O) groups excluding carboxylic acids is 1. The molecule has 3 aromatic rings. The lowest BCUT2D eigenvalue weighted by Gasteiger charge is -2.28. The Hall–Kier alpha value is -3.09. The van der Waals surface area contributed by atoms with Crippen LogP contribution in [0.3, 0.4) is 0 Å². The number of para-hydroxylation sites is 1. The van der Waals surface area contributed by atoms with Crippen LogP contribution in [0, 0.1) is 0 Å². The first-order valence-electron chi connectivity index (χ1n) is 8.67. The molecule has 0 saturated heterocycles. The van der Waals surface area contributed by atoms with Gasteiger partial charge in [0.15, 0.2) is 6.23 Å². The number of carbonyl (C=O) groups is 1. The van der Waals surface area contributed by atoms with Crippen molar-refractivity contribution >= 4 is 34.1 Å². The van der Waals surface area contributed by atoms with Crippen LogP contribution >= 0.6 is 11.6 Å². The highest BCUT2D eigenvalue weighted by Gasteiger charge is 2.36. The molecule has 28 heavy (non-hydrogen) atoms. The van der Waals surface area contributed by atoms with Gasteiger partial charge < -0.3 is 13.9 Å². The third-order valence-electron chi connectivity index (χ3n) is 4.44. The predicted molar refractivity (Wildman–Crippen MR) is 105 cm³/mol. The third-order valence-corrected chi connectivity index (χ3v) is 4.69. The fraction of sp³-hybridized carbons (Fsp3) is 0.143. The summed E-state index contributed by atoms with van der Waals surface area (Å²) in [6, 6.07) is 13.7. The van der Waals surface area contributed by atoms with Crippen LogP contribution in [0.25, 0.3) is 16.5 Å². The number of fused-ring (bicyclic) bond motifs is 3. The SMILES string of the molecule is CCOC(=O)C1=C(c2ccc(Cl)cc2)c2c(c3ccccc3oc2=O)OC1N. The number of hydrogen-bond donors (Lipinski definition) is 1. The third kappa shape index (κ3) is 2.96. The van der Waals surface area contributed by atoms with Crippen molar-refractivity contribution in [1.82, 2.24) is 0 Å². The van der Waals surface area contributed by atoms with Crippen molar-refractivity contribution in [2.45, 2.75) is 13.2 Å². The first-order valence-corrected chi connectivity index (χ1v) is 9.04. The van der Waals surface area contributed by atoms with Gasteiger partial charge in [-0.2, -0.15) is 0 Å². The summed E-state index contributed by atoms with van der Waals surface area (Å²) in [7, 11) is 0. The highest BCUT2D eigenvalue weighted by molar-refractivity contribution is 6.30. The Morgan fingerprint density at radius 3 is 2.61 bits per heavy atom. The Kier molecular flexibility index (Phi) is 4.66. The molecule has 1 unspecified atom stereocenters. The van der Waals surface area contributed by atoms with Crippen LogP contribution in [-0.2, 0) is 9.53 Å². The Morgan fingerprint density at radius 2 is 1.89 bits per heavy atom. The van der Waals surface area contributed by atoms with Crippen LogP contribution in [0.2, 0.25) is 5.02 Å². The highest BCUT2D eigenvalue weighted by atomic mass is 35.5. The van der Waals surface area contributed by atoms with E-state index in [0.717, 1.165) is 0 Å². The van der Waals surface area contributed by atoms with Gasteiger partial charge in [-0.3, -0.25) is 5.73 Å². The van der Waals surface area contributed by atoms with Gasteiger partial charge in [0.05, 0.1) is 12.0 Å². The van der Waals surface area contributed by atoms with Gasteiger partial charge >= 0.3 is 11.6 Å². The molecule has 2 heterocycles. The smallest absolute Gasteiger partial charge is 0.348 e. The zero-order valence-electron chi connectivity index (χ0n) is 14.9. The lowest BCUT2D eigenvalue weighted by Crippen LogP contribution is -2.39. The molecule has 1 aliphatic heterocycles. The molecule has 4 rings (SSSR count). The van der Waals surface area contributed by atoms with E-state index in [1.165, 1.54) is 0 Å². The van der Waals surface area contributed by atoms with E-state index in [1.54, 1.807) is 55.5 Å². The molecule has 1 atom stereocenters. The van der Waals surface area contributed by atoms with Gasteiger partial charge in [-0.05, 0) is 36.8 Å². The largest absolute Gasteiger partial charge is 0.469 e. The minimum atomic E-state index is -1.11. The molecule has 142 valence electrons. The fourth-order valence-corrected chi connectivity index (χ4v) is 3.39. The van der Waals surface area contributed by atoms with Crippen molar-refractivity contribution in [1.29, 1.82) is 0 Å². The van der Waals surface area contributed by atoms with Crippen molar-refractivity contribution in [3.8, 4) is 5.75 Å². The second-order valence-corrected chi connectivity index (χ2v) is 6.58. The predicted octanol–water partition coefficient (Wildman–Crippen LogP) is 3.49. The molecule has 0 fully saturated rings. The molecular weight excluding hydrogens is 382 g/mol. The van der Waals surface area contributed by atoms with Gasteiger partial charge in [-0.1, -0.05) is 35.9 Å². The molecule has 0 aliphatic carbocycles. The maximum Gasteiger partial charge on any atom is 0.348 e. The van der Waals surface area contributed by atoms with E-state index >= 15 is 0 Å². The first-order chi connectivity index (χ1) is 13.5. The molecule has 0 amide bonds. The molecule has 2 N–H and O–H groups in total. The summed E-state index contributed by atoms with van der Waals surface area (Å²) in [5.41, 5.74) is 7.01. The zero-order valence-corrected chi connectivity index (χ0v) is 15.7. The van der Waals surface area contributed by atoms with Crippen molar-refractivity contribution in [3.63, 3.8) is 0 Å². The van der Waals surface area contributed by atoms with Crippen molar-refractivity contribution in [2.75, 3.05) is 6.61 Å². The van der Waals surface area contributed by atoms with Crippen molar-refractivity contribution in [3.05, 3.63) is 80.7 Å². The molecule has 1 aromatic heterocycles. The van der Waals surface area contributed by atoms with E-state index in [-0.39, 0.29) is 23.5 Å². The van der Waals surface area contributed by atoms with Crippen LogP contribution in [0.15, 0.2) is 63.3 Å². The Labute approximate surface area is 165 Å². The second kappa shape index (κ2) is 7.14. The molecule has 0 saturated carbocycles. The summed E-state index contributed by atoms with van der Waals surface area (Å²) in [5.74, 6) is -0.379. The summed E-state index contributed by atoms with van der Waals surface area (Å²) in [5, 5.41) is 1.10. The van der Waals surface area contributed by atoms with Crippen LogP contribution in [0.5, 0.6) is 5.75 Å². The lowest BCUT2D eigenvalue weighted by molar-refractivity contribution is -0.139. The van der Waals surface area contributed by atoms with Crippen LogP contribution in [0.1, 0.15) is 18.1 Å². The highest BCUT2D eigenvalue weighted by Crippen LogP contribution is 2.41. The number of nitrogens with two attached hydrogens (primary N) is 1. The molecule has 0 radical (unpaired) electrons. The summed E-state index contributed by atoms with van der Waals surface area (Å²) in [6.45, 7) is 1.84. The maximum atomic E-state index is 12.9. The quantitative estimate of drug-likeness (QED) is 0.537.